The first-order valence-corrected chi connectivity index (χ1v) is 10.1. The number of hydrogen-bond acceptors (Lipinski definition) is 4. The molecule has 1 aliphatic rings. The van der Waals surface area contributed by atoms with Crippen LogP contribution in [0.25, 0.3) is 5.69 Å². The normalized spacial score (nSPS) is 14.0. The molecule has 2 heterocycles. The Hall–Kier alpha value is -3.76. The predicted octanol–water partition coefficient (Wildman–Crippen LogP) is 2.84. The zero-order valence-corrected chi connectivity index (χ0v) is 17.2. The molecule has 0 unspecified atom stereocenters. The Kier molecular flexibility index (Phi) is 5.88. The van der Waals surface area contributed by atoms with Gasteiger partial charge in [0.2, 0.25) is 5.69 Å². The number of carbonyl (C=O) groups is 1. The third-order valence-corrected chi connectivity index (χ3v) is 5.36. The zero-order valence-electron chi connectivity index (χ0n) is 17.2. The largest absolute Gasteiger partial charge is 0.416 e. The molecule has 1 amide bonds. The van der Waals surface area contributed by atoms with Gasteiger partial charge >= 0.3 is 11.9 Å². The van der Waals surface area contributed by atoms with Crippen LogP contribution in [0.4, 0.5) is 17.6 Å². The number of aromatic nitrogens is 3. The number of rotatable bonds is 4. The van der Waals surface area contributed by atoms with Gasteiger partial charge in [-0.25, -0.2) is 9.18 Å². The van der Waals surface area contributed by atoms with Crippen LogP contribution in [-0.2, 0) is 12.7 Å². The van der Waals surface area contributed by atoms with E-state index < -0.39 is 47.0 Å². The minimum absolute atomic E-state index is 0.216. The number of halogens is 4. The molecule has 0 aliphatic carbocycles. The van der Waals surface area contributed by atoms with Crippen LogP contribution in [0.15, 0.2) is 58.1 Å². The summed E-state index contributed by atoms with van der Waals surface area (Å²) in [5.41, 5.74) is -3.52. The van der Waals surface area contributed by atoms with Gasteiger partial charge in [0.25, 0.3) is 11.5 Å². The van der Waals surface area contributed by atoms with Gasteiger partial charge in [-0.3, -0.25) is 14.2 Å². The van der Waals surface area contributed by atoms with Crippen molar-refractivity contribution in [2.75, 3.05) is 13.1 Å². The van der Waals surface area contributed by atoms with Gasteiger partial charge in [-0.05, 0) is 42.7 Å². The number of hydrogen-bond donors (Lipinski definition) is 0. The van der Waals surface area contributed by atoms with Gasteiger partial charge < -0.3 is 4.90 Å². The highest BCUT2D eigenvalue weighted by Crippen LogP contribution is 2.29. The van der Waals surface area contributed by atoms with Gasteiger partial charge in [0.1, 0.15) is 11.5 Å². The second kappa shape index (κ2) is 8.64. The number of carbonyl (C=O) groups excluding carboxylic acids is 1. The van der Waals surface area contributed by atoms with Gasteiger partial charge in [0.05, 0.1) is 12.1 Å². The second-order valence-corrected chi connectivity index (χ2v) is 7.58. The van der Waals surface area contributed by atoms with E-state index in [1.807, 2.05) is 0 Å². The van der Waals surface area contributed by atoms with Crippen molar-refractivity contribution in [2.45, 2.75) is 25.6 Å². The number of nitrogens with zero attached hydrogens (tertiary/aromatic N) is 4. The minimum Gasteiger partial charge on any atom is -0.337 e. The topological polar surface area (TPSA) is 77.2 Å². The van der Waals surface area contributed by atoms with Gasteiger partial charge in [0.15, 0.2) is 0 Å². The molecule has 2 aromatic carbocycles. The molecule has 33 heavy (non-hydrogen) atoms. The van der Waals surface area contributed by atoms with Gasteiger partial charge in [-0.15, -0.1) is 0 Å². The molecule has 3 aromatic rings. The number of likely N-dealkylation sites (tertiary alicyclic amines) is 1. The Morgan fingerprint density at radius 1 is 0.970 bits per heavy atom. The Morgan fingerprint density at radius 2 is 1.61 bits per heavy atom. The third kappa shape index (κ3) is 4.43. The predicted molar refractivity (Wildman–Crippen MR) is 110 cm³/mol. The molecule has 0 N–H and O–H groups in total. The molecule has 1 aromatic heterocycles. The summed E-state index contributed by atoms with van der Waals surface area (Å²) in [5.74, 6) is -1.49. The molecule has 11 heteroatoms. The third-order valence-electron chi connectivity index (χ3n) is 5.36. The van der Waals surface area contributed by atoms with Crippen LogP contribution < -0.4 is 11.2 Å². The van der Waals surface area contributed by atoms with Crippen molar-refractivity contribution in [3.05, 3.63) is 92.0 Å². The monoisotopic (exact) mass is 462 g/mol. The Morgan fingerprint density at radius 3 is 2.21 bits per heavy atom. The smallest absolute Gasteiger partial charge is 0.337 e. The van der Waals surface area contributed by atoms with Crippen LogP contribution in [0.2, 0.25) is 0 Å². The summed E-state index contributed by atoms with van der Waals surface area (Å²) < 4.78 is 54.3. The van der Waals surface area contributed by atoms with Crippen molar-refractivity contribution in [1.29, 1.82) is 0 Å². The van der Waals surface area contributed by atoms with Crippen molar-refractivity contribution in [3.63, 3.8) is 0 Å². The van der Waals surface area contributed by atoms with Gasteiger partial charge in [-0.2, -0.15) is 23.0 Å². The number of amides is 1. The first-order valence-electron chi connectivity index (χ1n) is 10.1. The SMILES string of the molecule is O=C(c1nn(-c2ccccc2F)c(=O)n(Cc2ccc(C(F)(F)F)cc2)c1=O)N1CCCC1. The molecule has 4 rings (SSSR count). The van der Waals surface area contributed by atoms with E-state index in [4.69, 9.17) is 0 Å². The van der Waals surface area contributed by atoms with Crippen molar-refractivity contribution in [2.24, 2.45) is 0 Å². The van der Waals surface area contributed by atoms with Gasteiger partial charge in [0, 0.05) is 13.1 Å². The quantitative estimate of drug-likeness (QED) is 0.559. The number of alkyl halides is 3. The summed E-state index contributed by atoms with van der Waals surface area (Å²) in [7, 11) is 0. The molecule has 0 saturated carbocycles. The molecule has 0 spiro atoms. The van der Waals surface area contributed by atoms with E-state index >= 15 is 0 Å². The first-order chi connectivity index (χ1) is 15.7. The Balaban J connectivity index is 1.85. The van der Waals surface area contributed by atoms with Crippen molar-refractivity contribution in [1.82, 2.24) is 19.2 Å². The molecule has 1 saturated heterocycles. The highest BCUT2D eigenvalue weighted by Gasteiger charge is 2.30. The van der Waals surface area contributed by atoms with E-state index in [1.165, 1.54) is 23.1 Å². The lowest BCUT2D eigenvalue weighted by molar-refractivity contribution is -0.137. The van der Waals surface area contributed by atoms with E-state index in [9.17, 15) is 31.9 Å². The summed E-state index contributed by atoms with van der Waals surface area (Å²) in [4.78, 5) is 40.5. The lowest BCUT2D eigenvalue weighted by Crippen LogP contribution is -2.46. The van der Waals surface area contributed by atoms with Crippen molar-refractivity contribution in [3.8, 4) is 5.69 Å². The average molecular weight is 462 g/mol. The second-order valence-electron chi connectivity index (χ2n) is 7.58. The van der Waals surface area contributed by atoms with Crippen molar-refractivity contribution < 1.29 is 22.4 Å². The summed E-state index contributed by atoms with van der Waals surface area (Å²) >= 11 is 0. The van der Waals surface area contributed by atoms with Crippen molar-refractivity contribution >= 4 is 5.91 Å². The standard InChI is InChI=1S/C22H18F4N4O3/c23-16-5-1-2-6-17(16)30-21(33)29(13-14-7-9-15(10-8-14)22(24,25)26)20(32)18(27-30)19(31)28-11-3-4-12-28/h1-2,5-10H,3-4,11-13H2. The summed E-state index contributed by atoms with van der Waals surface area (Å²) in [6.07, 6.45) is -3.05. The fraction of sp³-hybridized carbons (Fsp3) is 0.273. The molecule has 0 atom stereocenters. The molecule has 7 nitrogen and oxygen atoms in total. The molecule has 0 radical (unpaired) electrons. The summed E-state index contributed by atoms with van der Waals surface area (Å²) in [6.45, 7) is 0.405. The van der Waals surface area contributed by atoms with E-state index in [0.29, 0.717) is 22.3 Å². The van der Waals surface area contributed by atoms with Crippen LogP contribution in [0.5, 0.6) is 0 Å². The van der Waals surface area contributed by atoms with Crippen LogP contribution in [0.1, 0.15) is 34.5 Å². The molecular weight excluding hydrogens is 444 g/mol. The molecule has 0 bridgehead atoms. The molecule has 1 aliphatic heterocycles. The first kappa shape index (κ1) is 22.4. The molecular formula is C22H18F4N4O3. The van der Waals surface area contributed by atoms with Crippen LogP contribution >= 0.6 is 0 Å². The number of benzene rings is 2. The molecule has 1 fully saturated rings. The fourth-order valence-electron chi connectivity index (χ4n) is 3.62. The summed E-state index contributed by atoms with van der Waals surface area (Å²) in [6, 6.07) is 9.13. The Bertz CT molecular complexity index is 1310. The van der Waals surface area contributed by atoms with Gasteiger partial charge in [-0.1, -0.05) is 24.3 Å². The highest BCUT2D eigenvalue weighted by molar-refractivity contribution is 5.92. The fourth-order valence-corrected chi connectivity index (χ4v) is 3.62. The zero-order chi connectivity index (χ0) is 23.8. The Labute approximate surface area is 184 Å². The van der Waals surface area contributed by atoms with Crippen LogP contribution in [0, 0.1) is 5.82 Å². The minimum atomic E-state index is -4.54. The molecule has 172 valence electrons. The van der Waals surface area contributed by atoms with E-state index in [1.54, 1.807) is 0 Å². The highest BCUT2D eigenvalue weighted by atomic mass is 19.4. The maximum absolute atomic E-state index is 14.4. The van der Waals surface area contributed by atoms with E-state index in [2.05, 4.69) is 5.10 Å². The summed E-state index contributed by atoms with van der Waals surface area (Å²) in [5, 5.41) is 3.89. The van der Waals surface area contributed by atoms with Crippen LogP contribution in [-0.4, -0.2) is 38.2 Å². The lowest BCUT2D eigenvalue weighted by atomic mass is 10.1. The maximum atomic E-state index is 14.4. The lowest BCUT2D eigenvalue weighted by Gasteiger charge is -2.17. The average Bonchev–Trinajstić information content (AvgIpc) is 3.32. The number of para-hydroxylation sites is 1. The maximum Gasteiger partial charge on any atom is 0.416 e. The van der Waals surface area contributed by atoms with E-state index in [-0.39, 0.29) is 11.3 Å². The van der Waals surface area contributed by atoms with Crippen LogP contribution in [0.3, 0.4) is 0 Å². The van der Waals surface area contributed by atoms with E-state index in [0.717, 1.165) is 43.2 Å².